The molecule has 2 N–H and O–H groups in total. The second-order valence-corrected chi connectivity index (χ2v) is 5.36. The highest BCUT2D eigenvalue weighted by Crippen LogP contribution is 2.00. The van der Waals surface area contributed by atoms with Crippen LogP contribution in [0.15, 0.2) is 0 Å². The Kier molecular flexibility index (Phi) is 4.88. The molecule has 2 atom stereocenters. The van der Waals surface area contributed by atoms with E-state index in [1.165, 1.54) is 20.9 Å². The highest BCUT2D eigenvalue weighted by Gasteiger charge is 2.26. The first kappa shape index (κ1) is 14.8. The second-order valence-electron chi connectivity index (χ2n) is 3.58. The van der Waals surface area contributed by atoms with Crippen molar-refractivity contribution < 1.29 is 23.1 Å². The third kappa shape index (κ3) is 4.58. The van der Waals surface area contributed by atoms with E-state index < -0.39 is 34.0 Å². The largest absolute Gasteiger partial charge is 0.480 e. The smallest absolute Gasteiger partial charge is 0.326 e. The third-order valence-corrected chi connectivity index (χ3v) is 2.83. The number of nitrogens with zero attached hydrogens (tertiary/aromatic N) is 1. The molecule has 0 aromatic rings. The maximum absolute atomic E-state index is 11.6. The zero-order chi connectivity index (χ0) is 13.1. The number of carboxylic acids is 1. The molecule has 94 valence electrons. The lowest BCUT2D eigenvalue weighted by Gasteiger charge is -2.24. The molecule has 8 heteroatoms. The van der Waals surface area contributed by atoms with Gasteiger partial charge in [-0.3, -0.25) is 4.79 Å². The number of rotatable bonds is 5. The monoisotopic (exact) mass is 252 g/mol. The van der Waals surface area contributed by atoms with Crippen LogP contribution in [0.2, 0.25) is 0 Å². The first-order chi connectivity index (χ1) is 7.06. The number of carbonyl (C=O) groups is 2. The van der Waals surface area contributed by atoms with Crippen LogP contribution in [0, 0.1) is 0 Å². The summed E-state index contributed by atoms with van der Waals surface area (Å²) in [7, 11) is -2.19. The van der Waals surface area contributed by atoms with Crippen molar-refractivity contribution >= 4 is 21.9 Å². The summed E-state index contributed by atoms with van der Waals surface area (Å²) in [4.78, 5) is 23.2. The average molecular weight is 252 g/mol. The summed E-state index contributed by atoms with van der Waals surface area (Å²) in [6.07, 6.45) is 0.928. The number of carboxylic acid groups (broad SMARTS) is 1. The highest BCUT2D eigenvalue weighted by molar-refractivity contribution is 7.88. The van der Waals surface area contributed by atoms with Crippen molar-refractivity contribution in [3.05, 3.63) is 0 Å². The molecule has 0 fully saturated rings. The molecule has 2 unspecified atom stereocenters. The van der Waals surface area contributed by atoms with E-state index in [1.807, 2.05) is 0 Å². The Bertz CT molecular complexity index is 378. The zero-order valence-electron chi connectivity index (χ0n) is 9.59. The minimum atomic E-state index is -3.49. The van der Waals surface area contributed by atoms with Crippen molar-refractivity contribution in [3.8, 4) is 0 Å². The van der Waals surface area contributed by atoms with E-state index in [9.17, 15) is 18.0 Å². The number of hydrogen-bond donors (Lipinski definition) is 2. The fraction of sp³-hybridized carbons (Fsp3) is 0.750. The molecule has 0 rings (SSSR count). The number of carbonyl (C=O) groups excluding carboxylic acids is 1. The highest BCUT2D eigenvalue weighted by atomic mass is 32.2. The molecule has 0 aliphatic rings. The average Bonchev–Trinajstić information content (AvgIpc) is 2.11. The molecule has 0 spiro atoms. The lowest BCUT2D eigenvalue weighted by molar-refractivity contribution is -0.148. The number of likely N-dealkylation sites (N-methyl/N-ethyl adjacent to an activating group) is 1. The topological polar surface area (TPSA) is 104 Å². The van der Waals surface area contributed by atoms with Crippen molar-refractivity contribution in [2.24, 2.45) is 0 Å². The van der Waals surface area contributed by atoms with Gasteiger partial charge in [-0.2, -0.15) is 0 Å². The van der Waals surface area contributed by atoms with Gasteiger partial charge in [0.25, 0.3) is 0 Å². The lowest BCUT2D eigenvalue weighted by atomic mass is 10.2. The van der Waals surface area contributed by atoms with Crippen LogP contribution in [0.5, 0.6) is 0 Å². The second kappa shape index (κ2) is 5.26. The van der Waals surface area contributed by atoms with Crippen LogP contribution in [0.1, 0.15) is 13.8 Å². The molecule has 0 saturated heterocycles. The Hall–Kier alpha value is -1.15. The molecule has 0 bridgehead atoms. The maximum Gasteiger partial charge on any atom is 0.326 e. The Labute approximate surface area is 94.5 Å². The lowest BCUT2D eigenvalue weighted by Crippen LogP contribution is -2.49. The molecule has 0 saturated carbocycles. The summed E-state index contributed by atoms with van der Waals surface area (Å²) < 4.78 is 23.8. The Morgan fingerprint density at radius 1 is 1.31 bits per heavy atom. The minimum absolute atomic E-state index is 0.597. The Morgan fingerprint density at radius 2 is 1.75 bits per heavy atom. The summed E-state index contributed by atoms with van der Waals surface area (Å²) in [6, 6.07) is -1.99. The van der Waals surface area contributed by atoms with Gasteiger partial charge < -0.3 is 10.0 Å². The van der Waals surface area contributed by atoms with E-state index in [2.05, 4.69) is 4.72 Å². The van der Waals surface area contributed by atoms with E-state index in [0.29, 0.717) is 0 Å². The van der Waals surface area contributed by atoms with Crippen LogP contribution in [-0.4, -0.2) is 55.7 Å². The first-order valence-corrected chi connectivity index (χ1v) is 6.42. The molecule has 0 aliphatic carbocycles. The summed E-state index contributed by atoms with van der Waals surface area (Å²) in [6.45, 7) is 2.70. The molecule has 0 heterocycles. The van der Waals surface area contributed by atoms with Gasteiger partial charge >= 0.3 is 5.97 Å². The SMILES string of the molecule is CC(NS(C)(=O)=O)C(=O)N(C)C(C)C(=O)O. The van der Waals surface area contributed by atoms with Crippen molar-refractivity contribution in [2.45, 2.75) is 25.9 Å². The standard InChI is InChI=1S/C8H16N2O5S/c1-5(9-16(4,14)15)7(11)10(3)6(2)8(12)13/h5-6,9H,1-4H3,(H,12,13). The first-order valence-electron chi connectivity index (χ1n) is 4.53. The predicted molar refractivity (Wildman–Crippen MR) is 57.3 cm³/mol. The summed E-state index contributed by atoms with van der Waals surface area (Å²) in [5.41, 5.74) is 0. The van der Waals surface area contributed by atoms with E-state index in [1.54, 1.807) is 0 Å². The van der Waals surface area contributed by atoms with Crippen LogP contribution in [0.3, 0.4) is 0 Å². The number of nitrogens with one attached hydrogen (secondary N) is 1. The molecule has 0 radical (unpaired) electrons. The van der Waals surface area contributed by atoms with Gasteiger partial charge in [0.15, 0.2) is 0 Å². The molecular formula is C8H16N2O5S. The van der Waals surface area contributed by atoms with Crippen LogP contribution in [-0.2, 0) is 19.6 Å². The van der Waals surface area contributed by atoms with Gasteiger partial charge in [-0.15, -0.1) is 0 Å². The van der Waals surface area contributed by atoms with E-state index in [-0.39, 0.29) is 0 Å². The number of sulfonamides is 1. The number of amides is 1. The summed E-state index contributed by atoms with van der Waals surface area (Å²) in [5.74, 6) is -1.75. The van der Waals surface area contributed by atoms with Crippen molar-refractivity contribution in [1.82, 2.24) is 9.62 Å². The van der Waals surface area contributed by atoms with E-state index in [0.717, 1.165) is 11.2 Å². The normalized spacial score (nSPS) is 15.2. The zero-order valence-corrected chi connectivity index (χ0v) is 10.4. The van der Waals surface area contributed by atoms with Gasteiger partial charge in [-0.25, -0.2) is 17.9 Å². The quantitative estimate of drug-likeness (QED) is 0.643. The third-order valence-electron chi connectivity index (χ3n) is 2.05. The maximum atomic E-state index is 11.6. The van der Waals surface area contributed by atoms with Gasteiger partial charge in [-0.1, -0.05) is 0 Å². The molecule has 1 amide bonds. The summed E-state index contributed by atoms with van der Waals surface area (Å²) in [5, 5.41) is 8.68. The number of aliphatic carboxylic acids is 1. The molecule has 0 aromatic heterocycles. The van der Waals surface area contributed by atoms with Gasteiger partial charge in [-0.05, 0) is 13.8 Å². The Balaban J connectivity index is 4.62. The van der Waals surface area contributed by atoms with Gasteiger partial charge in [0.2, 0.25) is 15.9 Å². The fourth-order valence-corrected chi connectivity index (χ4v) is 1.78. The van der Waals surface area contributed by atoms with Gasteiger partial charge in [0, 0.05) is 7.05 Å². The predicted octanol–water partition coefficient (Wildman–Crippen LogP) is -1.14. The van der Waals surface area contributed by atoms with Crippen molar-refractivity contribution in [2.75, 3.05) is 13.3 Å². The van der Waals surface area contributed by atoms with Crippen molar-refractivity contribution in [3.63, 3.8) is 0 Å². The molecule has 0 aromatic carbocycles. The fourth-order valence-electron chi connectivity index (χ4n) is 1.03. The van der Waals surface area contributed by atoms with Crippen LogP contribution in [0.4, 0.5) is 0 Å². The van der Waals surface area contributed by atoms with Crippen LogP contribution >= 0.6 is 0 Å². The molecule has 0 aliphatic heterocycles. The van der Waals surface area contributed by atoms with Crippen LogP contribution in [0.25, 0.3) is 0 Å². The Morgan fingerprint density at radius 3 is 2.06 bits per heavy atom. The van der Waals surface area contributed by atoms with Crippen LogP contribution < -0.4 is 4.72 Å². The van der Waals surface area contributed by atoms with E-state index in [4.69, 9.17) is 5.11 Å². The number of hydrogen-bond acceptors (Lipinski definition) is 4. The minimum Gasteiger partial charge on any atom is -0.480 e. The van der Waals surface area contributed by atoms with Crippen molar-refractivity contribution in [1.29, 1.82) is 0 Å². The molecule has 7 nitrogen and oxygen atoms in total. The molecule has 16 heavy (non-hydrogen) atoms. The van der Waals surface area contributed by atoms with E-state index >= 15 is 0 Å². The van der Waals surface area contributed by atoms with Gasteiger partial charge in [0.1, 0.15) is 6.04 Å². The van der Waals surface area contributed by atoms with Gasteiger partial charge in [0.05, 0.1) is 12.3 Å². The molecular weight excluding hydrogens is 236 g/mol. The summed E-state index contributed by atoms with van der Waals surface area (Å²) >= 11 is 0.